The zero-order valence-corrected chi connectivity index (χ0v) is 14.7. The molecule has 0 spiro atoms. The van der Waals surface area contributed by atoms with Gasteiger partial charge >= 0.3 is 0 Å². The van der Waals surface area contributed by atoms with Crippen LogP contribution in [0.5, 0.6) is 0 Å². The van der Waals surface area contributed by atoms with Crippen LogP contribution >= 0.6 is 11.3 Å². The molecule has 0 aliphatic rings. The van der Waals surface area contributed by atoms with Crippen LogP contribution in [0.15, 0.2) is 36.5 Å². The normalized spacial score (nSPS) is 11.2. The molecule has 2 N–H and O–H groups in total. The second kappa shape index (κ2) is 11.4. The average molecular weight is 295 g/mol. The third-order valence-corrected chi connectivity index (χ3v) is 3.50. The highest BCUT2D eigenvalue weighted by atomic mass is 32.1. The Labute approximate surface area is 128 Å². The molecule has 114 valence electrons. The Hall–Kier alpha value is -1.42. The lowest BCUT2D eigenvalue weighted by Crippen LogP contribution is -2.19. The first-order chi connectivity index (χ1) is 9.52. The minimum Gasteiger partial charge on any atom is -0.374 e. The molecule has 0 aromatic carbocycles. The predicted octanol–water partition coefficient (Wildman–Crippen LogP) is 5.14. The fourth-order valence-electron chi connectivity index (χ4n) is 1.45. The zero-order chi connectivity index (χ0) is 16.2. The van der Waals surface area contributed by atoms with Gasteiger partial charge in [-0.2, -0.15) is 0 Å². The maximum Gasteiger partial charge on any atom is 0.203 e. The topological polar surface area (TPSA) is 51.8 Å². The van der Waals surface area contributed by atoms with Crippen LogP contribution in [-0.4, -0.2) is 10.2 Å². The lowest BCUT2D eigenvalue weighted by atomic mass is 9.84. The van der Waals surface area contributed by atoms with E-state index in [0.29, 0.717) is 5.13 Å². The van der Waals surface area contributed by atoms with Crippen molar-refractivity contribution in [2.75, 3.05) is 5.73 Å². The van der Waals surface area contributed by atoms with Gasteiger partial charge in [0.2, 0.25) is 5.13 Å². The molecule has 1 rings (SSSR count). The summed E-state index contributed by atoms with van der Waals surface area (Å²) in [5, 5.41) is 9.39. The first kappa shape index (κ1) is 20.9. The van der Waals surface area contributed by atoms with E-state index in [1.807, 2.05) is 46.8 Å². The second-order valence-corrected chi connectivity index (χ2v) is 4.92. The monoisotopic (exact) mass is 295 g/mol. The Morgan fingerprint density at radius 1 is 1.20 bits per heavy atom. The van der Waals surface area contributed by atoms with Gasteiger partial charge in [0.15, 0.2) is 0 Å². The summed E-state index contributed by atoms with van der Waals surface area (Å²) in [4.78, 5) is 0. The zero-order valence-electron chi connectivity index (χ0n) is 13.9. The number of nitrogens with zero attached hydrogens (tertiary/aromatic N) is 2. The Morgan fingerprint density at radius 2 is 1.75 bits per heavy atom. The van der Waals surface area contributed by atoms with E-state index in [0.717, 1.165) is 5.01 Å². The van der Waals surface area contributed by atoms with Crippen molar-refractivity contribution in [2.45, 2.75) is 53.9 Å². The molecule has 0 saturated heterocycles. The minimum atomic E-state index is -0.177. The van der Waals surface area contributed by atoms with E-state index < -0.39 is 0 Å². The summed E-state index contributed by atoms with van der Waals surface area (Å²) in [6.07, 6.45) is 7.78. The number of aromatic nitrogens is 2. The largest absolute Gasteiger partial charge is 0.374 e. The molecule has 0 aliphatic carbocycles. The summed E-state index contributed by atoms with van der Waals surface area (Å²) in [5.41, 5.74) is 6.60. The summed E-state index contributed by atoms with van der Waals surface area (Å²) in [7, 11) is 0. The van der Waals surface area contributed by atoms with Crippen LogP contribution in [0.2, 0.25) is 0 Å². The van der Waals surface area contributed by atoms with E-state index in [2.05, 4.69) is 36.7 Å². The number of hydrogen-bond donors (Lipinski definition) is 1. The van der Waals surface area contributed by atoms with Gasteiger partial charge in [-0.1, -0.05) is 69.9 Å². The quantitative estimate of drug-likeness (QED) is 0.782. The summed E-state index contributed by atoms with van der Waals surface area (Å²) >= 11 is 1.43. The maximum absolute atomic E-state index is 5.61. The van der Waals surface area contributed by atoms with E-state index in [1.54, 1.807) is 6.08 Å². The van der Waals surface area contributed by atoms with Crippen LogP contribution < -0.4 is 5.73 Å². The van der Waals surface area contributed by atoms with E-state index in [4.69, 9.17) is 5.73 Å². The summed E-state index contributed by atoms with van der Waals surface area (Å²) in [6, 6.07) is 0. The van der Waals surface area contributed by atoms with Crippen LogP contribution in [0, 0.1) is 0 Å². The van der Waals surface area contributed by atoms with Crippen LogP contribution in [0.1, 0.15) is 53.5 Å². The highest BCUT2D eigenvalue weighted by Crippen LogP contribution is 2.34. The second-order valence-electron chi connectivity index (χ2n) is 3.91. The molecule has 3 nitrogen and oxygen atoms in total. The molecule has 4 heteroatoms. The Morgan fingerprint density at radius 3 is 2.10 bits per heavy atom. The van der Waals surface area contributed by atoms with Crippen molar-refractivity contribution in [3.8, 4) is 0 Å². The lowest BCUT2D eigenvalue weighted by Gasteiger charge is -2.22. The van der Waals surface area contributed by atoms with E-state index in [-0.39, 0.29) is 5.41 Å². The minimum absolute atomic E-state index is 0.177. The van der Waals surface area contributed by atoms with Crippen molar-refractivity contribution in [3.63, 3.8) is 0 Å². The molecule has 0 bridgehead atoms. The molecule has 1 aromatic rings. The number of anilines is 1. The van der Waals surface area contributed by atoms with Crippen molar-refractivity contribution in [2.24, 2.45) is 0 Å². The highest BCUT2D eigenvalue weighted by Gasteiger charge is 2.27. The molecule has 1 heterocycles. The fraction of sp³-hybridized carbons (Fsp3) is 0.500. The molecule has 0 unspecified atom stereocenters. The van der Waals surface area contributed by atoms with Crippen molar-refractivity contribution in [3.05, 3.63) is 41.5 Å². The molecule has 20 heavy (non-hydrogen) atoms. The van der Waals surface area contributed by atoms with E-state index in [9.17, 15) is 0 Å². The number of hydrogen-bond acceptors (Lipinski definition) is 4. The summed E-state index contributed by atoms with van der Waals surface area (Å²) in [5.74, 6) is 0. The van der Waals surface area contributed by atoms with E-state index in [1.165, 1.54) is 16.9 Å². The van der Waals surface area contributed by atoms with Crippen LogP contribution in [0.4, 0.5) is 5.13 Å². The Kier molecular flexibility index (Phi) is 11.9. The van der Waals surface area contributed by atoms with Crippen LogP contribution in [-0.2, 0) is 5.41 Å². The number of nitrogen functional groups attached to an aromatic ring is 1. The SMILES string of the molecule is C=C/C=C\C(=C/C)C(C)(C)c1nnc(N)s1.CC.CC. The molecule has 0 fully saturated rings. The fourth-order valence-corrected chi connectivity index (χ4v) is 2.18. The van der Waals surface area contributed by atoms with Crippen molar-refractivity contribution in [1.82, 2.24) is 10.2 Å². The molecule has 0 radical (unpaired) electrons. The van der Waals surface area contributed by atoms with Crippen molar-refractivity contribution in [1.29, 1.82) is 0 Å². The molecule has 0 aliphatic heterocycles. The summed E-state index contributed by atoms with van der Waals surface area (Å²) < 4.78 is 0. The summed E-state index contributed by atoms with van der Waals surface area (Å²) in [6.45, 7) is 17.9. The first-order valence-electron chi connectivity index (χ1n) is 7.07. The Balaban J connectivity index is 0. The molecule has 0 atom stereocenters. The smallest absolute Gasteiger partial charge is 0.203 e. The maximum atomic E-state index is 5.61. The van der Waals surface area contributed by atoms with Crippen molar-refractivity contribution >= 4 is 16.5 Å². The third kappa shape index (κ3) is 6.15. The van der Waals surface area contributed by atoms with Gasteiger partial charge in [0.05, 0.1) is 0 Å². The third-order valence-electron chi connectivity index (χ3n) is 2.42. The van der Waals surface area contributed by atoms with Crippen molar-refractivity contribution < 1.29 is 0 Å². The van der Waals surface area contributed by atoms with Gasteiger partial charge in [-0.3, -0.25) is 0 Å². The molecule has 0 amide bonds. The number of allylic oxidation sites excluding steroid dienone is 5. The van der Waals surface area contributed by atoms with Crippen LogP contribution in [0.3, 0.4) is 0 Å². The van der Waals surface area contributed by atoms with Gasteiger partial charge < -0.3 is 5.73 Å². The standard InChI is InChI=1S/C12H17N3S.2C2H6/c1-5-7-8-9(6-2)12(3,4)10-14-15-11(13)16-10;2*1-2/h5-8H,1H2,2-4H3,(H2,13,15);2*1-2H3/b8-7-,9-6+;;. The van der Waals surface area contributed by atoms with Gasteiger partial charge in [0, 0.05) is 5.41 Å². The van der Waals surface area contributed by atoms with Gasteiger partial charge in [-0.25, -0.2) is 0 Å². The molecule has 1 aromatic heterocycles. The Bertz CT molecular complexity index is 429. The first-order valence-corrected chi connectivity index (χ1v) is 7.89. The molecular weight excluding hydrogens is 266 g/mol. The van der Waals surface area contributed by atoms with Gasteiger partial charge in [0.25, 0.3) is 0 Å². The highest BCUT2D eigenvalue weighted by molar-refractivity contribution is 7.15. The van der Waals surface area contributed by atoms with Gasteiger partial charge in [-0.15, -0.1) is 10.2 Å². The van der Waals surface area contributed by atoms with Crippen LogP contribution in [0.25, 0.3) is 0 Å². The number of nitrogens with two attached hydrogens (primary N) is 1. The van der Waals surface area contributed by atoms with Gasteiger partial charge in [-0.05, 0) is 26.3 Å². The molecule has 0 saturated carbocycles. The average Bonchev–Trinajstić information content (AvgIpc) is 2.91. The predicted molar refractivity (Wildman–Crippen MR) is 93.1 cm³/mol. The molecular formula is C16H29N3S. The van der Waals surface area contributed by atoms with Gasteiger partial charge in [0.1, 0.15) is 5.01 Å². The lowest BCUT2D eigenvalue weighted by molar-refractivity contribution is 0.623. The number of rotatable bonds is 4. The van der Waals surface area contributed by atoms with E-state index >= 15 is 0 Å².